The van der Waals surface area contributed by atoms with Crippen molar-refractivity contribution < 1.29 is 9.84 Å². The van der Waals surface area contributed by atoms with Crippen LogP contribution in [0.1, 0.15) is 26.6 Å². The third-order valence-electron chi connectivity index (χ3n) is 3.74. The average Bonchev–Trinajstić information content (AvgIpc) is 3.07. The number of aromatic nitrogens is 3. The molecule has 5 nitrogen and oxygen atoms in total. The monoisotopic (exact) mass is 357 g/mol. The quantitative estimate of drug-likeness (QED) is 0.657. The van der Waals surface area contributed by atoms with E-state index in [1.165, 1.54) is 17.1 Å². The zero-order chi connectivity index (χ0) is 17.9. The lowest BCUT2D eigenvalue weighted by Gasteiger charge is -2.13. The molecule has 0 unspecified atom stereocenters. The minimum atomic E-state index is -0.590. The highest BCUT2D eigenvalue weighted by Crippen LogP contribution is 2.23. The molecular weight excluding hydrogens is 334 g/mol. The number of thioether (sulfide) groups is 1. The number of benzene rings is 2. The number of aliphatic hydroxyl groups is 1. The molecule has 0 spiro atoms. The number of hydrogen-bond donors (Lipinski definition) is 2. The van der Waals surface area contributed by atoms with Gasteiger partial charge in [-0.2, -0.15) is 0 Å². The molecule has 0 saturated heterocycles. The Balaban J connectivity index is 1.50. The van der Waals surface area contributed by atoms with E-state index in [1.54, 1.807) is 0 Å². The molecule has 0 saturated carbocycles. The van der Waals surface area contributed by atoms with Crippen LogP contribution in [0.3, 0.4) is 0 Å². The Morgan fingerprint density at radius 1 is 1.16 bits per heavy atom. The Kier molecular flexibility index (Phi) is 5.30. The average molecular weight is 357 g/mol. The second-order valence-corrected chi connectivity index (χ2v) is 7.99. The normalized spacial score (nSPS) is 13.1. The van der Waals surface area contributed by atoms with Crippen LogP contribution in [0.5, 0.6) is 5.75 Å². The van der Waals surface area contributed by atoms with Crippen molar-refractivity contribution in [2.24, 2.45) is 0 Å². The van der Waals surface area contributed by atoms with Crippen LogP contribution in [0.25, 0.3) is 10.8 Å². The molecule has 3 aromatic rings. The van der Waals surface area contributed by atoms with Crippen molar-refractivity contribution in [3.8, 4) is 5.75 Å². The smallest absolute Gasteiger partial charge is 0.208 e. The van der Waals surface area contributed by atoms with E-state index in [2.05, 4.69) is 42.0 Å². The van der Waals surface area contributed by atoms with Gasteiger partial charge in [0.1, 0.15) is 18.2 Å². The van der Waals surface area contributed by atoms with E-state index in [9.17, 15) is 5.11 Å². The van der Waals surface area contributed by atoms with E-state index in [-0.39, 0.29) is 12.0 Å². The Labute approximate surface area is 151 Å². The second kappa shape index (κ2) is 7.45. The van der Waals surface area contributed by atoms with Crippen LogP contribution < -0.4 is 4.74 Å². The fraction of sp³-hybridized carbons (Fsp3) is 0.368. The van der Waals surface area contributed by atoms with Gasteiger partial charge in [0, 0.05) is 11.2 Å². The molecule has 1 atom stereocenters. The second-order valence-electron chi connectivity index (χ2n) is 7.00. The van der Waals surface area contributed by atoms with E-state index in [0.29, 0.717) is 10.9 Å². The Morgan fingerprint density at radius 2 is 1.92 bits per heavy atom. The van der Waals surface area contributed by atoms with Crippen molar-refractivity contribution in [1.82, 2.24) is 15.2 Å². The molecule has 2 aromatic carbocycles. The standard InChI is InChI=1S/C19H23N3O2S/c1-19(2,3)17-20-18(22-21-17)25-12-15(23)11-24-16-9-8-13-6-4-5-7-14(13)10-16/h4-10,15,23H,11-12H2,1-3H3,(H,20,21,22)/t15-/m0/s1. The number of nitrogens with one attached hydrogen (secondary N) is 1. The fourth-order valence-electron chi connectivity index (χ4n) is 2.31. The van der Waals surface area contributed by atoms with Crippen molar-refractivity contribution in [1.29, 1.82) is 0 Å². The van der Waals surface area contributed by atoms with Gasteiger partial charge in [-0.3, -0.25) is 5.10 Å². The van der Waals surface area contributed by atoms with E-state index >= 15 is 0 Å². The van der Waals surface area contributed by atoms with Gasteiger partial charge in [0.2, 0.25) is 5.16 Å². The third-order valence-corrected chi connectivity index (χ3v) is 4.74. The third kappa shape index (κ3) is 4.74. The summed E-state index contributed by atoms with van der Waals surface area (Å²) < 4.78 is 5.71. The van der Waals surface area contributed by atoms with Gasteiger partial charge >= 0.3 is 0 Å². The van der Waals surface area contributed by atoms with Gasteiger partial charge in [-0.05, 0) is 22.9 Å². The summed E-state index contributed by atoms with van der Waals surface area (Å²) in [6.07, 6.45) is -0.590. The predicted molar refractivity (Wildman–Crippen MR) is 101 cm³/mol. The molecule has 3 rings (SSSR count). The summed E-state index contributed by atoms with van der Waals surface area (Å²) in [5.74, 6) is 2.09. The molecule has 2 N–H and O–H groups in total. The summed E-state index contributed by atoms with van der Waals surface area (Å²) in [7, 11) is 0. The maximum Gasteiger partial charge on any atom is 0.208 e. The SMILES string of the molecule is CC(C)(C)c1nc(SC[C@@H](O)COc2ccc3ccccc3c2)n[nH]1. The van der Waals surface area contributed by atoms with Gasteiger partial charge in [-0.25, -0.2) is 4.98 Å². The van der Waals surface area contributed by atoms with Crippen molar-refractivity contribution in [3.05, 3.63) is 48.3 Å². The number of ether oxygens (including phenoxy) is 1. The molecular formula is C19H23N3O2S. The zero-order valence-corrected chi connectivity index (χ0v) is 15.5. The summed E-state index contributed by atoms with van der Waals surface area (Å²) in [5.41, 5.74) is -0.0659. The summed E-state index contributed by atoms with van der Waals surface area (Å²) in [4.78, 5) is 4.45. The minimum Gasteiger partial charge on any atom is -0.491 e. The first-order valence-electron chi connectivity index (χ1n) is 8.27. The highest BCUT2D eigenvalue weighted by atomic mass is 32.2. The minimum absolute atomic E-state index is 0.0659. The van der Waals surface area contributed by atoms with Crippen LogP contribution in [0.4, 0.5) is 0 Å². The zero-order valence-electron chi connectivity index (χ0n) is 14.7. The Hall–Kier alpha value is -2.05. The summed E-state index contributed by atoms with van der Waals surface area (Å²) in [6, 6.07) is 14.1. The Morgan fingerprint density at radius 3 is 2.64 bits per heavy atom. The molecule has 132 valence electrons. The van der Waals surface area contributed by atoms with Gasteiger partial charge < -0.3 is 9.84 Å². The first-order chi connectivity index (χ1) is 11.9. The maximum absolute atomic E-state index is 10.1. The molecule has 0 aliphatic heterocycles. The van der Waals surface area contributed by atoms with E-state index in [1.807, 2.05) is 36.4 Å². The Bertz CT molecular complexity index is 842. The topological polar surface area (TPSA) is 71.0 Å². The van der Waals surface area contributed by atoms with Crippen LogP contribution in [0, 0.1) is 0 Å². The lowest BCUT2D eigenvalue weighted by molar-refractivity contribution is 0.126. The number of nitrogens with zero attached hydrogens (tertiary/aromatic N) is 2. The fourth-order valence-corrected chi connectivity index (χ4v) is 3.02. The van der Waals surface area contributed by atoms with Crippen LogP contribution in [-0.2, 0) is 5.41 Å². The van der Waals surface area contributed by atoms with Gasteiger partial charge in [0.15, 0.2) is 0 Å². The van der Waals surface area contributed by atoms with Crippen LogP contribution in [0.2, 0.25) is 0 Å². The summed E-state index contributed by atoms with van der Waals surface area (Å²) >= 11 is 1.42. The number of aromatic amines is 1. The van der Waals surface area contributed by atoms with Gasteiger partial charge in [0.05, 0.1) is 6.10 Å². The molecule has 0 amide bonds. The largest absolute Gasteiger partial charge is 0.491 e. The van der Waals surface area contributed by atoms with Gasteiger partial charge in [-0.1, -0.05) is 62.9 Å². The van der Waals surface area contributed by atoms with Crippen molar-refractivity contribution in [2.45, 2.75) is 37.4 Å². The number of hydrogen-bond acceptors (Lipinski definition) is 5. The molecule has 25 heavy (non-hydrogen) atoms. The van der Waals surface area contributed by atoms with Crippen molar-refractivity contribution in [3.63, 3.8) is 0 Å². The summed E-state index contributed by atoms with van der Waals surface area (Å²) in [6.45, 7) is 6.47. The predicted octanol–water partition coefficient (Wildman–Crippen LogP) is 3.79. The highest BCUT2D eigenvalue weighted by Gasteiger charge is 2.19. The first kappa shape index (κ1) is 17.8. The lowest BCUT2D eigenvalue weighted by Crippen LogP contribution is -2.20. The molecule has 0 fully saturated rings. The van der Waals surface area contributed by atoms with Gasteiger partial charge in [-0.15, -0.1) is 5.10 Å². The molecule has 6 heteroatoms. The lowest BCUT2D eigenvalue weighted by atomic mass is 9.96. The molecule has 0 bridgehead atoms. The molecule has 0 aliphatic rings. The molecule has 0 aliphatic carbocycles. The summed E-state index contributed by atoms with van der Waals surface area (Å²) in [5, 5.41) is 20.2. The first-order valence-corrected chi connectivity index (χ1v) is 9.26. The van der Waals surface area contributed by atoms with Crippen LogP contribution >= 0.6 is 11.8 Å². The highest BCUT2D eigenvalue weighted by molar-refractivity contribution is 7.99. The van der Waals surface area contributed by atoms with Crippen LogP contribution in [-0.4, -0.2) is 38.8 Å². The van der Waals surface area contributed by atoms with E-state index < -0.39 is 6.10 Å². The van der Waals surface area contributed by atoms with Crippen LogP contribution in [0.15, 0.2) is 47.6 Å². The van der Waals surface area contributed by atoms with E-state index in [0.717, 1.165) is 17.0 Å². The maximum atomic E-state index is 10.1. The number of fused-ring (bicyclic) bond motifs is 1. The molecule has 1 heterocycles. The van der Waals surface area contributed by atoms with Gasteiger partial charge in [0.25, 0.3) is 0 Å². The van der Waals surface area contributed by atoms with Crippen molar-refractivity contribution in [2.75, 3.05) is 12.4 Å². The number of H-pyrrole nitrogens is 1. The van der Waals surface area contributed by atoms with E-state index in [4.69, 9.17) is 4.74 Å². The molecule has 0 radical (unpaired) electrons. The number of rotatable bonds is 6. The van der Waals surface area contributed by atoms with Crippen molar-refractivity contribution >= 4 is 22.5 Å². The number of aliphatic hydroxyl groups excluding tert-OH is 1. The molecule has 1 aromatic heterocycles.